The van der Waals surface area contributed by atoms with E-state index in [0.717, 1.165) is 30.5 Å². The molecule has 2 aliphatic heterocycles. The van der Waals surface area contributed by atoms with Gasteiger partial charge in [-0.05, 0) is 28.8 Å². The van der Waals surface area contributed by atoms with Crippen molar-refractivity contribution in [1.82, 2.24) is 9.55 Å². The summed E-state index contributed by atoms with van der Waals surface area (Å²) in [5.41, 5.74) is 3.77. The largest absolute Gasteiger partial charge is 0.463 e. The smallest absolute Gasteiger partial charge is 0.303 e. The highest BCUT2D eigenvalue weighted by Crippen LogP contribution is 2.48. The van der Waals surface area contributed by atoms with Crippen LogP contribution in [0.2, 0.25) is 10.3 Å². The van der Waals surface area contributed by atoms with Crippen molar-refractivity contribution in [3.8, 4) is 0 Å². The summed E-state index contributed by atoms with van der Waals surface area (Å²) in [6, 6.07) is 24.7. The molecule has 15 nitrogen and oxygen atoms in total. The Labute approximate surface area is 367 Å². The van der Waals surface area contributed by atoms with Crippen LogP contribution in [-0.2, 0) is 65.5 Å². The Morgan fingerprint density at radius 3 is 2.00 bits per heavy atom. The molecule has 4 aromatic rings. The molecule has 2 saturated heterocycles. The highest BCUT2D eigenvalue weighted by molar-refractivity contribution is 7.80. The fourth-order valence-electron chi connectivity index (χ4n) is 7.47. The fourth-order valence-corrected chi connectivity index (χ4v) is 8.07. The zero-order valence-electron chi connectivity index (χ0n) is 33.6. The highest BCUT2D eigenvalue weighted by atomic mass is 35.5. The molecule has 324 valence electrons. The number of nitrogens with one attached hydrogen (secondary N) is 1. The molecule has 0 aliphatic carbocycles. The number of anilines is 1. The van der Waals surface area contributed by atoms with Crippen LogP contribution in [0.3, 0.4) is 0 Å². The van der Waals surface area contributed by atoms with Crippen LogP contribution in [0.4, 0.5) is 5.69 Å². The topological polar surface area (TPSA) is 183 Å². The number of thiocarbonyl (C=S) groups is 1. The number of hydrogen-bond donors (Lipinski definition) is 2. The van der Waals surface area contributed by atoms with E-state index >= 15 is 0 Å². The second-order valence-corrected chi connectivity index (χ2v) is 15.7. The fraction of sp³-hybridized carbons (Fsp3) is 0.395. The van der Waals surface area contributed by atoms with Gasteiger partial charge in [0.25, 0.3) is 0 Å². The van der Waals surface area contributed by atoms with Gasteiger partial charge in [-0.15, -0.1) is 0 Å². The number of hydrogen-bond acceptors (Lipinski definition) is 14. The van der Waals surface area contributed by atoms with Crippen LogP contribution in [0.25, 0.3) is 0 Å². The molecule has 9 unspecified atom stereocenters. The van der Waals surface area contributed by atoms with Crippen molar-refractivity contribution in [2.24, 2.45) is 0 Å². The molecule has 3 heterocycles. The number of aliphatic hydroxyl groups is 1. The Morgan fingerprint density at radius 2 is 1.39 bits per heavy atom. The maximum absolute atomic E-state index is 12.4. The number of halogens is 2. The Morgan fingerprint density at radius 1 is 0.754 bits per heavy atom. The third kappa shape index (κ3) is 11.7. The lowest BCUT2D eigenvalue weighted by Gasteiger charge is -2.44. The molecule has 0 bridgehead atoms. The Balaban J connectivity index is 1.29. The molecule has 2 N–H and O–H groups in total. The molecule has 2 aliphatic rings. The Hall–Kier alpha value is -4.94. The summed E-state index contributed by atoms with van der Waals surface area (Å²) >= 11 is 18.6. The normalized spacial score (nSPS) is 24.9. The van der Waals surface area contributed by atoms with Crippen LogP contribution in [0.1, 0.15) is 74.7 Å². The second-order valence-electron chi connectivity index (χ2n) is 14.5. The van der Waals surface area contributed by atoms with Crippen LogP contribution in [-0.4, -0.2) is 86.8 Å². The van der Waals surface area contributed by atoms with Crippen LogP contribution in [0.5, 0.6) is 0 Å². The van der Waals surface area contributed by atoms with Gasteiger partial charge in [-0.1, -0.05) is 102 Å². The van der Waals surface area contributed by atoms with Crippen molar-refractivity contribution in [2.75, 3.05) is 11.9 Å². The van der Waals surface area contributed by atoms with Crippen molar-refractivity contribution in [3.63, 3.8) is 0 Å². The maximum atomic E-state index is 12.4. The van der Waals surface area contributed by atoms with Crippen molar-refractivity contribution < 1.29 is 57.4 Å². The van der Waals surface area contributed by atoms with E-state index in [-0.39, 0.29) is 47.4 Å². The molecule has 2 fully saturated rings. The average molecular weight is 899 g/mol. The van der Waals surface area contributed by atoms with Gasteiger partial charge in [0, 0.05) is 51.3 Å². The lowest BCUT2D eigenvalue weighted by molar-refractivity contribution is -0.263. The second kappa shape index (κ2) is 20.8. The molecule has 0 saturated carbocycles. The van der Waals surface area contributed by atoms with Crippen LogP contribution >= 0.6 is 35.4 Å². The van der Waals surface area contributed by atoms with E-state index in [4.69, 9.17) is 68.6 Å². The van der Waals surface area contributed by atoms with Crippen molar-refractivity contribution in [2.45, 2.75) is 102 Å². The molecule has 0 spiro atoms. The molecule has 3 aromatic carbocycles. The van der Waals surface area contributed by atoms with Gasteiger partial charge in [0.2, 0.25) is 0 Å². The molecular formula is C43H45Cl2N3O12S. The number of carbonyl (C=O) groups excluding carboxylic acids is 4. The lowest BCUT2D eigenvalue weighted by atomic mass is 9.83. The first-order valence-electron chi connectivity index (χ1n) is 19.3. The summed E-state index contributed by atoms with van der Waals surface area (Å²) in [6.07, 6.45) is -6.53. The van der Waals surface area contributed by atoms with Gasteiger partial charge in [0.15, 0.2) is 29.8 Å². The number of imidazole rings is 1. The van der Waals surface area contributed by atoms with E-state index < -0.39 is 72.9 Å². The van der Waals surface area contributed by atoms with Crippen molar-refractivity contribution in [1.29, 1.82) is 0 Å². The summed E-state index contributed by atoms with van der Waals surface area (Å²) in [5.74, 6) is -3.15. The molecule has 0 amide bonds. The van der Waals surface area contributed by atoms with Gasteiger partial charge in [0.05, 0.1) is 36.7 Å². The SMILES string of the molecule is CC(=O)OCC1OC(CC(=S)Nc2cccc(C3OC(Cn4cnc(Cl)c4Cl)C(c4ccccc4)C(c4ccc(CO)cc4)O3)c2)C(OC(C)=O)C(OC(C)=O)C1OC(C)=O. The van der Waals surface area contributed by atoms with Crippen LogP contribution < -0.4 is 5.32 Å². The van der Waals surface area contributed by atoms with E-state index in [0.29, 0.717) is 11.3 Å². The van der Waals surface area contributed by atoms with Crippen molar-refractivity contribution in [3.05, 3.63) is 118 Å². The minimum Gasteiger partial charge on any atom is -0.463 e. The van der Waals surface area contributed by atoms with Crippen molar-refractivity contribution >= 4 is 70.0 Å². The monoisotopic (exact) mass is 897 g/mol. The zero-order chi connectivity index (χ0) is 43.8. The van der Waals surface area contributed by atoms with Gasteiger partial charge in [-0.25, -0.2) is 4.98 Å². The number of esters is 4. The van der Waals surface area contributed by atoms with Gasteiger partial charge in [-0.3, -0.25) is 19.2 Å². The summed E-state index contributed by atoms with van der Waals surface area (Å²) in [6.45, 7) is 4.48. The number of aliphatic hydroxyl groups excluding tert-OH is 1. The third-order valence-corrected chi connectivity index (χ3v) is 11.0. The first-order chi connectivity index (χ1) is 29.2. The van der Waals surface area contributed by atoms with Gasteiger partial charge in [-0.2, -0.15) is 0 Å². The van der Waals surface area contributed by atoms with E-state index in [9.17, 15) is 24.3 Å². The third-order valence-electron chi connectivity index (χ3n) is 10.00. The first-order valence-corrected chi connectivity index (χ1v) is 20.5. The van der Waals surface area contributed by atoms with Gasteiger partial charge in [0.1, 0.15) is 24.0 Å². The molecule has 6 rings (SSSR count). The molecule has 18 heteroatoms. The number of carbonyl (C=O) groups is 4. The molecule has 0 radical (unpaired) electrons. The Bertz CT molecular complexity index is 2190. The Kier molecular flexibility index (Phi) is 15.5. The number of rotatable bonds is 14. The minimum atomic E-state index is -1.33. The van der Waals surface area contributed by atoms with Gasteiger partial charge < -0.3 is 48.1 Å². The van der Waals surface area contributed by atoms with E-state index in [1.54, 1.807) is 23.0 Å². The van der Waals surface area contributed by atoms with E-state index in [2.05, 4.69) is 10.3 Å². The molecular weight excluding hydrogens is 853 g/mol. The number of ether oxygens (including phenoxy) is 7. The molecule has 1 aromatic heterocycles. The van der Waals surface area contributed by atoms with E-state index in [1.165, 1.54) is 13.8 Å². The molecule has 9 atom stereocenters. The summed E-state index contributed by atoms with van der Waals surface area (Å²) < 4.78 is 43.5. The zero-order valence-corrected chi connectivity index (χ0v) is 35.9. The quantitative estimate of drug-likeness (QED) is 0.0786. The number of benzene rings is 3. The van der Waals surface area contributed by atoms with Crippen LogP contribution in [0.15, 0.2) is 85.2 Å². The summed E-state index contributed by atoms with van der Waals surface area (Å²) in [4.78, 5) is 53.0. The summed E-state index contributed by atoms with van der Waals surface area (Å²) in [5, 5.41) is 13.4. The average Bonchev–Trinajstić information content (AvgIpc) is 3.54. The minimum absolute atomic E-state index is 0.0734. The standard InChI is InChI=1S/C43H45Cl2N3O12S/c1-23(50)54-21-34-39(56-25(3)52)40(57-26(4)53)38(55-24(2)51)32(58-34)18-35(61)47-31-12-8-11-30(17-31)43-59-33(19-48-22-46-41(44)42(48)45)36(28-9-6-5-7-10-28)37(60-43)29-15-13-27(20-49)14-16-29/h5-17,22,32-34,36-40,43,49H,18-21H2,1-4H3,(H,47,61). The molecule has 61 heavy (non-hydrogen) atoms. The number of aromatic nitrogens is 2. The van der Waals surface area contributed by atoms with E-state index in [1.807, 2.05) is 66.7 Å². The predicted molar refractivity (Wildman–Crippen MR) is 224 cm³/mol. The lowest BCUT2D eigenvalue weighted by Crippen LogP contribution is -2.62. The first kappa shape index (κ1) is 45.6. The summed E-state index contributed by atoms with van der Waals surface area (Å²) in [7, 11) is 0. The number of nitrogens with zero attached hydrogens (tertiary/aromatic N) is 2. The predicted octanol–water partition coefficient (Wildman–Crippen LogP) is 6.58. The maximum Gasteiger partial charge on any atom is 0.303 e. The van der Waals surface area contributed by atoms with Crippen LogP contribution in [0, 0.1) is 0 Å². The van der Waals surface area contributed by atoms with Gasteiger partial charge >= 0.3 is 23.9 Å². The highest BCUT2D eigenvalue weighted by Gasteiger charge is 2.52.